The fourth-order valence-electron chi connectivity index (χ4n) is 1.32. The normalized spacial score (nSPS) is 10.1. The van der Waals surface area contributed by atoms with Gasteiger partial charge in [-0.1, -0.05) is 23.7 Å². The van der Waals surface area contributed by atoms with Gasteiger partial charge in [0, 0.05) is 24.5 Å². The number of likely N-dealkylation sites (N-methyl/N-ethyl adjacent to an activating group) is 1. The summed E-state index contributed by atoms with van der Waals surface area (Å²) in [5.41, 5.74) is 1.13. The molecule has 0 atom stereocenters. The lowest BCUT2D eigenvalue weighted by molar-refractivity contribution is -0.121. The van der Waals surface area contributed by atoms with Gasteiger partial charge < -0.3 is 10.6 Å². The van der Waals surface area contributed by atoms with Crippen LogP contribution in [-0.2, 0) is 11.2 Å². The second-order valence-corrected chi connectivity index (χ2v) is 4.02. The number of carbonyl (C=O) groups is 1. The smallest absolute Gasteiger partial charge is 0.220 e. The van der Waals surface area contributed by atoms with Crippen LogP contribution in [0.15, 0.2) is 24.3 Å². The first-order chi connectivity index (χ1) is 7.72. The monoisotopic (exact) mass is 240 g/mol. The highest BCUT2D eigenvalue weighted by molar-refractivity contribution is 6.30. The van der Waals surface area contributed by atoms with E-state index in [1.54, 1.807) is 0 Å². The van der Waals surface area contributed by atoms with Gasteiger partial charge in [0.15, 0.2) is 0 Å². The molecule has 1 aromatic carbocycles. The molecular formula is C12H17ClN2O. The van der Waals surface area contributed by atoms with Crippen molar-refractivity contribution in [1.82, 2.24) is 10.6 Å². The van der Waals surface area contributed by atoms with Gasteiger partial charge >= 0.3 is 0 Å². The molecule has 0 spiro atoms. The highest BCUT2D eigenvalue weighted by atomic mass is 35.5. The highest BCUT2D eigenvalue weighted by Gasteiger charge is 2.01. The molecule has 3 nitrogen and oxygen atoms in total. The van der Waals surface area contributed by atoms with Gasteiger partial charge in [-0.3, -0.25) is 4.79 Å². The van der Waals surface area contributed by atoms with Gasteiger partial charge in [-0.2, -0.15) is 0 Å². The Morgan fingerprint density at radius 3 is 2.56 bits per heavy atom. The maximum Gasteiger partial charge on any atom is 0.220 e. The van der Waals surface area contributed by atoms with Crippen LogP contribution in [0.3, 0.4) is 0 Å². The SMILES string of the molecule is CNCCNC(=O)CCc1ccc(Cl)cc1. The van der Waals surface area contributed by atoms with Crippen molar-refractivity contribution in [3.63, 3.8) is 0 Å². The van der Waals surface area contributed by atoms with Gasteiger partial charge in [-0.25, -0.2) is 0 Å². The van der Waals surface area contributed by atoms with Crippen LogP contribution in [0, 0.1) is 0 Å². The molecule has 0 fully saturated rings. The zero-order valence-corrected chi connectivity index (χ0v) is 10.2. The van der Waals surface area contributed by atoms with Crippen molar-refractivity contribution in [2.45, 2.75) is 12.8 Å². The first-order valence-corrected chi connectivity index (χ1v) is 5.76. The van der Waals surface area contributed by atoms with Gasteiger partial charge in [0.2, 0.25) is 5.91 Å². The van der Waals surface area contributed by atoms with E-state index >= 15 is 0 Å². The number of halogens is 1. The highest BCUT2D eigenvalue weighted by Crippen LogP contribution is 2.10. The second kappa shape index (κ2) is 7.25. The van der Waals surface area contributed by atoms with E-state index in [1.165, 1.54) is 0 Å². The lowest BCUT2D eigenvalue weighted by Gasteiger charge is -2.04. The van der Waals surface area contributed by atoms with Crippen LogP contribution in [0.1, 0.15) is 12.0 Å². The summed E-state index contributed by atoms with van der Waals surface area (Å²) < 4.78 is 0. The first kappa shape index (κ1) is 13.0. The summed E-state index contributed by atoms with van der Waals surface area (Å²) in [5.74, 6) is 0.0881. The fourth-order valence-corrected chi connectivity index (χ4v) is 1.45. The molecule has 1 amide bonds. The zero-order chi connectivity index (χ0) is 11.8. The predicted octanol–water partition coefficient (Wildman–Crippen LogP) is 1.61. The fraction of sp³-hybridized carbons (Fsp3) is 0.417. The molecule has 0 saturated carbocycles. The molecule has 4 heteroatoms. The van der Waals surface area contributed by atoms with E-state index in [-0.39, 0.29) is 5.91 Å². The van der Waals surface area contributed by atoms with Crippen LogP contribution in [0.4, 0.5) is 0 Å². The maximum absolute atomic E-state index is 11.4. The third-order valence-corrected chi connectivity index (χ3v) is 2.50. The Balaban J connectivity index is 2.23. The molecule has 16 heavy (non-hydrogen) atoms. The van der Waals surface area contributed by atoms with Crippen molar-refractivity contribution in [1.29, 1.82) is 0 Å². The minimum atomic E-state index is 0.0881. The summed E-state index contributed by atoms with van der Waals surface area (Å²) in [5, 5.41) is 6.54. The van der Waals surface area contributed by atoms with E-state index in [0.29, 0.717) is 13.0 Å². The van der Waals surface area contributed by atoms with Gasteiger partial charge in [-0.15, -0.1) is 0 Å². The number of aryl methyl sites for hydroxylation is 1. The Kier molecular flexibility index (Phi) is 5.90. The zero-order valence-electron chi connectivity index (χ0n) is 9.42. The van der Waals surface area contributed by atoms with E-state index in [1.807, 2.05) is 31.3 Å². The molecule has 0 unspecified atom stereocenters. The Bertz CT molecular complexity index is 324. The van der Waals surface area contributed by atoms with E-state index in [9.17, 15) is 4.79 Å². The Labute approximate surface area is 101 Å². The summed E-state index contributed by atoms with van der Waals surface area (Å²) in [6, 6.07) is 7.58. The largest absolute Gasteiger partial charge is 0.355 e. The van der Waals surface area contributed by atoms with E-state index < -0.39 is 0 Å². The molecular weight excluding hydrogens is 224 g/mol. The molecule has 0 aliphatic carbocycles. The van der Waals surface area contributed by atoms with Crippen molar-refractivity contribution in [3.8, 4) is 0 Å². The minimum Gasteiger partial charge on any atom is -0.355 e. The summed E-state index contributed by atoms with van der Waals surface area (Å²) >= 11 is 5.77. The molecule has 0 aliphatic heterocycles. The molecule has 1 rings (SSSR count). The number of hydrogen-bond acceptors (Lipinski definition) is 2. The first-order valence-electron chi connectivity index (χ1n) is 5.38. The number of rotatable bonds is 6. The molecule has 0 bridgehead atoms. The third-order valence-electron chi connectivity index (χ3n) is 2.25. The second-order valence-electron chi connectivity index (χ2n) is 3.58. The molecule has 0 aliphatic rings. The Morgan fingerprint density at radius 1 is 1.25 bits per heavy atom. The number of nitrogens with one attached hydrogen (secondary N) is 2. The Morgan fingerprint density at radius 2 is 1.94 bits per heavy atom. The Hall–Kier alpha value is -1.06. The van der Waals surface area contributed by atoms with Gasteiger partial charge in [0.25, 0.3) is 0 Å². The van der Waals surface area contributed by atoms with Crippen molar-refractivity contribution < 1.29 is 4.79 Å². The van der Waals surface area contributed by atoms with Gasteiger partial charge in [0.05, 0.1) is 0 Å². The van der Waals surface area contributed by atoms with Crippen molar-refractivity contribution in [3.05, 3.63) is 34.9 Å². The van der Waals surface area contributed by atoms with Crippen LogP contribution in [0.5, 0.6) is 0 Å². The summed E-state index contributed by atoms with van der Waals surface area (Å²) in [6.45, 7) is 1.47. The van der Waals surface area contributed by atoms with Crippen LogP contribution < -0.4 is 10.6 Å². The molecule has 0 heterocycles. The quantitative estimate of drug-likeness (QED) is 0.742. The van der Waals surface area contributed by atoms with E-state index in [4.69, 9.17) is 11.6 Å². The van der Waals surface area contributed by atoms with Crippen LogP contribution in [0.2, 0.25) is 5.02 Å². The summed E-state index contributed by atoms with van der Waals surface area (Å²) in [6.07, 6.45) is 1.27. The lowest BCUT2D eigenvalue weighted by atomic mass is 10.1. The molecule has 0 radical (unpaired) electrons. The van der Waals surface area contributed by atoms with E-state index in [0.717, 1.165) is 23.6 Å². The minimum absolute atomic E-state index is 0.0881. The molecule has 0 saturated heterocycles. The number of carbonyl (C=O) groups excluding carboxylic acids is 1. The summed E-state index contributed by atoms with van der Waals surface area (Å²) in [4.78, 5) is 11.4. The maximum atomic E-state index is 11.4. The average Bonchev–Trinajstić information content (AvgIpc) is 2.29. The lowest BCUT2D eigenvalue weighted by Crippen LogP contribution is -2.30. The van der Waals surface area contributed by atoms with Crippen molar-refractivity contribution in [2.75, 3.05) is 20.1 Å². The van der Waals surface area contributed by atoms with Gasteiger partial charge in [0.1, 0.15) is 0 Å². The predicted molar refractivity (Wildman–Crippen MR) is 66.7 cm³/mol. The molecule has 88 valence electrons. The number of benzene rings is 1. The number of amides is 1. The van der Waals surface area contributed by atoms with Crippen LogP contribution in [0.25, 0.3) is 0 Å². The van der Waals surface area contributed by atoms with Crippen molar-refractivity contribution in [2.24, 2.45) is 0 Å². The summed E-state index contributed by atoms with van der Waals surface area (Å²) in [7, 11) is 1.86. The van der Waals surface area contributed by atoms with Crippen LogP contribution in [-0.4, -0.2) is 26.0 Å². The third kappa shape index (κ3) is 5.14. The number of hydrogen-bond donors (Lipinski definition) is 2. The average molecular weight is 241 g/mol. The molecule has 2 N–H and O–H groups in total. The van der Waals surface area contributed by atoms with Gasteiger partial charge in [-0.05, 0) is 31.2 Å². The molecule has 0 aromatic heterocycles. The standard InChI is InChI=1S/C12H17ClN2O/c1-14-8-9-15-12(16)7-4-10-2-5-11(13)6-3-10/h2-3,5-6,14H,4,7-9H2,1H3,(H,15,16). The van der Waals surface area contributed by atoms with Crippen molar-refractivity contribution >= 4 is 17.5 Å². The van der Waals surface area contributed by atoms with Crippen LogP contribution >= 0.6 is 11.6 Å². The molecule has 1 aromatic rings. The van der Waals surface area contributed by atoms with E-state index in [2.05, 4.69) is 10.6 Å². The topological polar surface area (TPSA) is 41.1 Å².